The van der Waals surface area contributed by atoms with Gasteiger partial charge in [-0.15, -0.1) is 11.8 Å². The highest BCUT2D eigenvalue weighted by Crippen LogP contribution is 2.27. The predicted octanol–water partition coefficient (Wildman–Crippen LogP) is 3.79. The van der Waals surface area contributed by atoms with E-state index in [-0.39, 0.29) is 5.91 Å². The van der Waals surface area contributed by atoms with Gasteiger partial charge >= 0.3 is 0 Å². The van der Waals surface area contributed by atoms with Crippen LogP contribution in [-0.4, -0.2) is 45.5 Å². The minimum absolute atomic E-state index is 0.176. The van der Waals surface area contributed by atoms with Crippen molar-refractivity contribution in [3.8, 4) is 0 Å². The van der Waals surface area contributed by atoms with Gasteiger partial charge in [0.2, 0.25) is 0 Å². The first-order valence-electron chi connectivity index (χ1n) is 8.21. The van der Waals surface area contributed by atoms with Gasteiger partial charge < -0.3 is 9.47 Å². The summed E-state index contributed by atoms with van der Waals surface area (Å²) in [6.07, 6.45) is 7.99. The van der Waals surface area contributed by atoms with Crippen molar-refractivity contribution in [2.45, 2.75) is 22.9 Å². The summed E-state index contributed by atoms with van der Waals surface area (Å²) in [5.41, 5.74) is 0.839. The van der Waals surface area contributed by atoms with Gasteiger partial charge in [-0.2, -0.15) is 0 Å². The van der Waals surface area contributed by atoms with Crippen molar-refractivity contribution in [1.29, 1.82) is 0 Å². The Hall–Kier alpha value is -1.40. The molecular formula is C18H23N3OS2. The zero-order valence-electron chi connectivity index (χ0n) is 14.1. The molecule has 0 saturated carbocycles. The highest BCUT2D eigenvalue weighted by Gasteiger charge is 2.25. The third-order valence-corrected chi connectivity index (χ3v) is 6.55. The van der Waals surface area contributed by atoms with Crippen LogP contribution in [0.2, 0.25) is 0 Å². The van der Waals surface area contributed by atoms with Crippen LogP contribution in [-0.2, 0) is 7.05 Å². The predicted molar refractivity (Wildman–Crippen MR) is 101 cm³/mol. The van der Waals surface area contributed by atoms with E-state index in [1.165, 1.54) is 0 Å². The normalized spacial score (nSPS) is 15.7. The molecule has 3 rings (SSSR count). The maximum absolute atomic E-state index is 12.8. The second kappa shape index (κ2) is 8.12. The van der Waals surface area contributed by atoms with E-state index < -0.39 is 0 Å². The van der Waals surface area contributed by atoms with E-state index in [0.29, 0.717) is 5.92 Å². The lowest BCUT2D eigenvalue weighted by Crippen LogP contribution is -2.39. The molecule has 128 valence electrons. The number of carbonyl (C=O) groups excluding carboxylic acids is 1. The highest BCUT2D eigenvalue weighted by molar-refractivity contribution is 7.99. The van der Waals surface area contributed by atoms with Crippen LogP contribution in [0.5, 0.6) is 0 Å². The number of imidazole rings is 1. The summed E-state index contributed by atoms with van der Waals surface area (Å²) >= 11 is 3.45. The van der Waals surface area contributed by atoms with E-state index in [4.69, 9.17) is 0 Å². The Bertz CT molecular complexity index is 693. The zero-order chi connectivity index (χ0) is 16.9. The maximum atomic E-state index is 12.8. The zero-order valence-corrected chi connectivity index (χ0v) is 15.8. The minimum atomic E-state index is 0.176. The molecule has 1 fully saturated rings. The summed E-state index contributed by atoms with van der Waals surface area (Å²) in [6, 6.07) is 7.90. The molecule has 1 amide bonds. The molecule has 6 heteroatoms. The third-order valence-electron chi connectivity index (χ3n) is 4.46. The van der Waals surface area contributed by atoms with E-state index in [9.17, 15) is 4.79 Å². The number of aryl methyl sites for hydroxylation is 1. The SMILES string of the molecule is CSc1ccccc1C(=O)N1CCC(CSc2nccn2C)CC1. The summed E-state index contributed by atoms with van der Waals surface area (Å²) in [4.78, 5) is 20.2. The number of likely N-dealkylation sites (tertiary alicyclic amines) is 1. The fourth-order valence-electron chi connectivity index (χ4n) is 2.98. The van der Waals surface area contributed by atoms with Gasteiger partial charge in [0.1, 0.15) is 0 Å². The quantitative estimate of drug-likeness (QED) is 0.760. The first kappa shape index (κ1) is 17.4. The first-order chi connectivity index (χ1) is 11.7. The number of piperidine rings is 1. The number of thioether (sulfide) groups is 2. The standard InChI is InChI=1S/C18H23N3OS2/c1-20-12-9-19-18(20)24-13-14-7-10-21(11-8-14)17(22)15-5-3-4-6-16(15)23-2/h3-6,9,12,14H,7-8,10-11,13H2,1-2H3. The topological polar surface area (TPSA) is 38.1 Å². The van der Waals surface area contributed by atoms with Gasteiger partial charge in [-0.3, -0.25) is 4.79 Å². The Balaban J connectivity index is 1.53. The monoisotopic (exact) mass is 361 g/mol. The maximum Gasteiger partial charge on any atom is 0.254 e. The van der Waals surface area contributed by atoms with Crippen molar-refractivity contribution in [3.63, 3.8) is 0 Å². The molecule has 0 unspecified atom stereocenters. The number of benzene rings is 1. The van der Waals surface area contributed by atoms with Gasteiger partial charge in [0, 0.05) is 43.2 Å². The van der Waals surface area contributed by atoms with Crippen LogP contribution >= 0.6 is 23.5 Å². The Labute approximate surface area is 152 Å². The summed E-state index contributed by atoms with van der Waals surface area (Å²) in [7, 11) is 2.03. The second-order valence-electron chi connectivity index (χ2n) is 6.07. The van der Waals surface area contributed by atoms with E-state index in [1.54, 1.807) is 11.8 Å². The molecule has 0 radical (unpaired) electrons. The number of rotatable bonds is 5. The molecule has 1 aromatic heterocycles. The highest BCUT2D eigenvalue weighted by atomic mass is 32.2. The number of carbonyl (C=O) groups is 1. The number of aromatic nitrogens is 2. The smallest absolute Gasteiger partial charge is 0.254 e. The van der Waals surface area contributed by atoms with Crippen LogP contribution in [0.15, 0.2) is 46.7 Å². The lowest BCUT2D eigenvalue weighted by Gasteiger charge is -2.32. The van der Waals surface area contributed by atoms with Gasteiger partial charge in [0.05, 0.1) is 5.56 Å². The molecule has 1 saturated heterocycles. The number of hydrogen-bond donors (Lipinski definition) is 0. The van der Waals surface area contributed by atoms with Gasteiger partial charge in [-0.1, -0.05) is 23.9 Å². The largest absolute Gasteiger partial charge is 0.339 e. The van der Waals surface area contributed by atoms with Crippen LogP contribution in [0.1, 0.15) is 23.2 Å². The molecule has 1 aromatic carbocycles. The molecule has 24 heavy (non-hydrogen) atoms. The first-order valence-corrected chi connectivity index (χ1v) is 10.4. The van der Waals surface area contributed by atoms with Crippen LogP contribution in [0, 0.1) is 5.92 Å². The van der Waals surface area contributed by atoms with Crippen molar-refractivity contribution < 1.29 is 4.79 Å². The average Bonchev–Trinajstić information content (AvgIpc) is 3.04. The lowest BCUT2D eigenvalue weighted by atomic mass is 9.98. The minimum Gasteiger partial charge on any atom is -0.339 e. The van der Waals surface area contributed by atoms with Gasteiger partial charge in [-0.25, -0.2) is 4.98 Å². The number of amides is 1. The molecule has 1 aliphatic heterocycles. The fraction of sp³-hybridized carbons (Fsp3) is 0.444. The molecule has 2 heterocycles. The Morgan fingerprint density at radius 3 is 2.71 bits per heavy atom. The Morgan fingerprint density at radius 1 is 1.29 bits per heavy atom. The molecule has 0 N–H and O–H groups in total. The van der Waals surface area contributed by atoms with Crippen LogP contribution in [0.3, 0.4) is 0 Å². The lowest BCUT2D eigenvalue weighted by molar-refractivity contribution is 0.0695. The van der Waals surface area contributed by atoms with Gasteiger partial charge in [0.15, 0.2) is 5.16 Å². The Morgan fingerprint density at radius 2 is 2.04 bits per heavy atom. The molecule has 1 aliphatic rings. The van der Waals surface area contributed by atoms with Crippen LogP contribution < -0.4 is 0 Å². The Kier molecular flexibility index (Phi) is 5.89. The molecule has 2 aromatic rings. The van der Waals surface area contributed by atoms with Crippen molar-refractivity contribution >= 4 is 29.4 Å². The summed E-state index contributed by atoms with van der Waals surface area (Å²) in [5.74, 6) is 1.91. The second-order valence-corrected chi connectivity index (χ2v) is 7.90. The van der Waals surface area contributed by atoms with E-state index in [0.717, 1.165) is 47.3 Å². The molecular weight excluding hydrogens is 338 g/mol. The van der Waals surface area contributed by atoms with Gasteiger partial charge in [-0.05, 0) is 37.1 Å². The number of hydrogen-bond acceptors (Lipinski definition) is 4. The summed E-state index contributed by atoms with van der Waals surface area (Å²) < 4.78 is 2.06. The van der Waals surface area contributed by atoms with Crippen molar-refractivity contribution in [3.05, 3.63) is 42.2 Å². The van der Waals surface area contributed by atoms with Gasteiger partial charge in [0.25, 0.3) is 5.91 Å². The number of nitrogens with zero attached hydrogens (tertiary/aromatic N) is 3. The van der Waals surface area contributed by atoms with E-state index >= 15 is 0 Å². The molecule has 0 bridgehead atoms. The van der Waals surface area contributed by atoms with Crippen molar-refractivity contribution in [1.82, 2.24) is 14.5 Å². The van der Waals surface area contributed by atoms with E-state index in [1.807, 2.05) is 66.6 Å². The molecule has 4 nitrogen and oxygen atoms in total. The molecule has 0 atom stereocenters. The van der Waals surface area contributed by atoms with Crippen molar-refractivity contribution in [2.24, 2.45) is 13.0 Å². The van der Waals surface area contributed by atoms with Crippen molar-refractivity contribution in [2.75, 3.05) is 25.1 Å². The van der Waals surface area contributed by atoms with Crippen LogP contribution in [0.4, 0.5) is 0 Å². The fourth-order valence-corrected chi connectivity index (χ4v) is 4.69. The van der Waals surface area contributed by atoms with E-state index in [2.05, 4.69) is 9.55 Å². The molecule has 0 spiro atoms. The average molecular weight is 362 g/mol. The van der Waals surface area contributed by atoms with Crippen LogP contribution in [0.25, 0.3) is 0 Å². The third kappa shape index (κ3) is 3.98. The summed E-state index contributed by atoms with van der Waals surface area (Å²) in [6.45, 7) is 1.71. The molecule has 0 aliphatic carbocycles. The summed E-state index contributed by atoms with van der Waals surface area (Å²) in [5, 5.41) is 1.07.